The van der Waals surface area contributed by atoms with Crippen LogP contribution in [0.2, 0.25) is 0 Å². The Morgan fingerprint density at radius 2 is 1.64 bits per heavy atom. The number of rotatable bonds is 1. The van der Waals surface area contributed by atoms with Crippen LogP contribution in [0.1, 0.15) is 5.56 Å². The van der Waals surface area contributed by atoms with E-state index in [1.807, 2.05) is 42.5 Å². The number of benzene rings is 3. The van der Waals surface area contributed by atoms with Crippen LogP contribution in [0.25, 0.3) is 27.5 Å². The van der Waals surface area contributed by atoms with Gasteiger partial charge in [-0.2, -0.15) is 5.26 Å². The van der Waals surface area contributed by atoms with Gasteiger partial charge in [0.2, 0.25) is 0 Å². The van der Waals surface area contributed by atoms with Crippen molar-refractivity contribution in [2.24, 2.45) is 0 Å². The van der Waals surface area contributed by atoms with Crippen LogP contribution < -0.4 is 0 Å². The first-order chi connectivity index (χ1) is 10.8. The maximum atomic E-state index is 9.17. The first kappa shape index (κ1) is 13.1. The molecule has 0 atom stereocenters. The molecule has 3 aromatic carbocycles. The number of fused-ring (bicyclic) bond motifs is 3. The minimum Gasteiger partial charge on any atom is -0.309 e. The van der Waals surface area contributed by atoms with Crippen LogP contribution in [0, 0.1) is 11.3 Å². The quantitative estimate of drug-likeness (QED) is 0.452. The SMILES string of the molecule is N#Cc1ccc2c(c1)c1ccc(Br)cc1n2-c1ccccc1. The summed E-state index contributed by atoms with van der Waals surface area (Å²) in [4.78, 5) is 0. The summed E-state index contributed by atoms with van der Waals surface area (Å²) in [5.74, 6) is 0. The van der Waals surface area contributed by atoms with Crippen molar-refractivity contribution in [2.75, 3.05) is 0 Å². The Balaban J connectivity index is 2.21. The molecule has 1 heterocycles. The lowest BCUT2D eigenvalue weighted by Gasteiger charge is -2.07. The highest BCUT2D eigenvalue weighted by Crippen LogP contribution is 2.34. The zero-order valence-corrected chi connectivity index (χ0v) is 13.2. The zero-order valence-electron chi connectivity index (χ0n) is 11.6. The molecule has 1 aromatic heterocycles. The van der Waals surface area contributed by atoms with Crippen LogP contribution in [0.15, 0.2) is 71.2 Å². The molecule has 3 heteroatoms. The summed E-state index contributed by atoms with van der Waals surface area (Å²) in [6, 6.07) is 24.6. The van der Waals surface area contributed by atoms with Crippen LogP contribution in [0.4, 0.5) is 0 Å². The van der Waals surface area contributed by atoms with Crippen molar-refractivity contribution in [3.63, 3.8) is 0 Å². The van der Waals surface area contributed by atoms with E-state index in [4.69, 9.17) is 0 Å². The van der Waals surface area contributed by atoms with E-state index in [2.05, 4.69) is 50.8 Å². The van der Waals surface area contributed by atoms with Gasteiger partial charge in [-0.3, -0.25) is 0 Å². The molecule has 0 aliphatic carbocycles. The van der Waals surface area contributed by atoms with Crippen molar-refractivity contribution in [1.29, 1.82) is 5.26 Å². The highest BCUT2D eigenvalue weighted by atomic mass is 79.9. The number of nitriles is 1. The van der Waals surface area contributed by atoms with Gasteiger partial charge in [-0.1, -0.05) is 40.2 Å². The fraction of sp³-hybridized carbons (Fsp3) is 0. The molecule has 2 nitrogen and oxygen atoms in total. The van der Waals surface area contributed by atoms with Gasteiger partial charge in [0.25, 0.3) is 0 Å². The molecule has 0 spiro atoms. The van der Waals surface area contributed by atoms with E-state index in [1.54, 1.807) is 0 Å². The lowest BCUT2D eigenvalue weighted by Crippen LogP contribution is -1.93. The van der Waals surface area contributed by atoms with Gasteiger partial charge in [0.15, 0.2) is 0 Å². The Morgan fingerprint density at radius 3 is 2.41 bits per heavy atom. The summed E-state index contributed by atoms with van der Waals surface area (Å²) < 4.78 is 3.27. The van der Waals surface area contributed by atoms with Gasteiger partial charge < -0.3 is 4.57 Å². The fourth-order valence-corrected chi connectivity index (χ4v) is 3.27. The second kappa shape index (κ2) is 5.01. The summed E-state index contributed by atoms with van der Waals surface area (Å²) in [6.07, 6.45) is 0. The normalized spacial score (nSPS) is 10.9. The Bertz CT molecular complexity index is 1040. The third-order valence-corrected chi connectivity index (χ3v) is 4.37. The largest absolute Gasteiger partial charge is 0.309 e. The van der Waals surface area contributed by atoms with Gasteiger partial charge in [-0.05, 0) is 42.5 Å². The fourth-order valence-electron chi connectivity index (χ4n) is 2.92. The minimum atomic E-state index is 0.683. The molecule has 0 unspecified atom stereocenters. The molecule has 0 aliphatic rings. The molecule has 104 valence electrons. The monoisotopic (exact) mass is 346 g/mol. The van der Waals surface area contributed by atoms with Crippen molar-refractivity contribution < 1.29 is 0 Å². The van der Waals surface area contributed by atoms with Gasteiger partial charge in [-0.15, -0.1) is 0 Å². The molecule has 0 fully saturated rings. The number of aromatic nitrogens is 1. The maximum absolute atomic E-state index is 9.17. The van der Waals surface area contributed by atoms with Crippen LogP contribution in [0.3, 0.4) is 0 Å². The average molecular weight is 347 g/mol. The van der Waals surface area contributed by atoms with E-state index in [1.165, 1.54) is 0 Å². The minimum absolute atomic E-state index is 0.683. The molecule has 22 heavy (non-hydrogen) atoms. The van der Waals surface area contributed by atoms with Crippen molar-refractivity contribution in [1.82, 2.24) is 4.57 Å². The first-order valence-electron chi connectivity index (χ1n) is 6.97. The van der Waals surface area contributed by atoms with Gasteiger partial charge in [-0.25, -0.2) is 0 Å². The highest BCUT2D eigenvalue weighted by molar-refractivity contribution is 9.10. The Labute approximate surface area is 136 Å². The molecule has 0 bridgehead atoms. The lowest BCUT2D eigenvalue weighted by molar-refractivity contribution is 1.18. The molecule has 4 rings (SSSR count). The van der Waals surface area contributed by atoms with Gasteiger partial charge in [0.05, 0.1) is 22.7 Å². The Morgan fingerprint density at radius 1 is 0.818 bits per heavy atom. The third-order valence-electron chi connectivity index (χ3n) is 3.87. The van der Waals surface area contributed by atoms with Crippen molar-refractivity contribution in [3.05, 3.63) is 76.8 Å². The van der Waals surface area contributed by atoms with Crippen LogP contribution >= 0.6 is 15.9 Å². The van der Waals surface area contributed by atoms with E-state index in [-0.39, 0.29) is 0 Å². The molecular formula is C19H11BrN2. The molecule has 0 saturated heterocycles. The summed E-state index contributed by atoms with van der Waals surface area (Å²) in [5, 5.41) is 11.4. The molecule has 4 aromatic rings. The van der Waals surface area contributed by atoms with E-state index < -0.39 is 0 Å². The number of hydrogen-bond donors (Lipinski definition) is 0. The first-order valence-corrected chi connectivity index (χ1v) is 7.76. The van der Waals surface area contributed by atoms with Crippen molar-refractivity contribution >= 4 is 37.7 Å². The molecule has 0 radical (unpaired) electrons. The number of hydrogen-bond acceptors (Lipinski definition) is 1. The van der Waals surface area contributed by atoms with Gasteiger partial charge in [0.1, 0.15) is 0 Å². The topological polar surface area (TPSA) is 28.7 Å². The molecule has 0 saturated carbocycles. The molecule has 0 N–H and O–H groups in total. The van der Waals surface area contributed by atoms with Crippen molar-refractivity contribution in [3.8, 4) is 11.8 Å². The summed E-state index contributed by atoms with van der Waals surface area (Å²) in [5.41, 5.74) is 4.04. The second-order valence-electron chi connectivity index (χ2n) is 5.18. The highest BCUT2D eigenvalue weighted by Gasteiger charge is 2.12. The standard InChI is InChI=1S/C19H11BrN2/c20-14-7-8-16-17-10-13(12-21)6-9-18(17)22(19(16)11-14)15-4-2-1-3-5-15/h1-11H. The molecule has 0 amide bonds. The Kier molecular flexibility index (Phi) is 2.99. The number of halogens is 1. The predicted molar refractivity (Wildman–Crippen MR) is 93.2 cm³/mol. The van der Waals surface area contributed by atoms with E-state index in [9.17, 15) is 5.26 Å². The van der Waals surface area contributed by atoms with Crippen molar-refractivity contribution in [2.45, 2.75) is 0 Å². The van der Waals surface area contributed by atoms with E-state index >= 15 is 0 Å². The van der Waals surface area contributed by atoms with E-state index in [0.29, 0.717) is 5.56 Å². The second-order valence-corrected chi connectivity index (χ2v) is 6.09. The van der Waals surface area contributed by atoms with Crippen LogP contribution in [-0.2, 0) is 0 Å². The van der Waals surface area contributed by atoms with Gasteiger partial charge in [0, 0.05) is 20.9 Å². The zero-order chi connectivity index (χ0) is 15.1. The smallest absolute Gasteiger partial charge is 0.0991 e. The molecular weight excluding hydrogens is 336 g/mol. The third kappa shape index (κ3) is 1.93. The molecule has 0 aliphatic heterocycles. The van der Waals surface area contributed by atoms with Crippen LogP contribution in [-0.4, -0.2) is 4.57 Å². The summed E-state index contributed by atoms with van der Waals surface area (Å²) in [7, 11) is 0. The average Bonchev–Trinajstić information content (AvgIpc) is 2.88. The number of nitrogens with zero attached hydrogens (tertiary/aromatic N) is 2. The maximum Gasteiger partial charge on any atom is 0.0991 e. The summed E-state index contributed by atoms with van der Waals surface area (Å²) in [6.45, 7) is 0. The Hall–Kier alpha value is -2.57. The predicted octanol–water partition coefficient (Wildman–Crippen LogP) is 5.42. The summed E-state index contributed by atoms with van der Waals surface area (Å²) >= 11 is 3.56. The number of para-hydroxylation sites is 1. The lowest BCUT2D eigenvalue weighted by atomic mass is 10.1. The van der Waals surface area contributed by atoms with E-state index in [0.717, 1.165) is 32.0 Å². The van der Waals surface area contributed by atoms with Crippen LogP contribution in [0.5, 0.6) is 0 Å². The van der Waals surface area contributed by atoms with Gasteiger partial charge >= 0.3 is 0 Å².